The molecule has 0 aliphatic heterocycles. The van der Waals surface area contributed by atoms with Gasteiger partial charge in [0.05, 0.1) is 0 Å². The summed E-state index contributed by atoms with van der Waals surface area (Å²) in [7, 11) is 0. The number of hydrogen-bond acceptors (Lipinski definition) is 1. The third-order valence-corrected chi connectivity index (χ3v) is 3.99. The van der Waals surface area contributed by atoms with E-state index in [0.29, 0.717) is 0 Å². The van der Waals surface area contributed by atoms with Gasteiger partial charge in [-0.3, -0.25) is 0 Å². The van der Waals surface area contributed by atoms with E-state index >= 15 is 0 Å². The topological polar surface area (TPSA) is 12.0 Å². The second kappa shape index (κ2) is 6.91. The summed E-state index contributed by atoms with van der Waals surface area (Å²) in [4.78, 5) is 0. The summed E-state index contributed by atoms with van der Waals surface area (Å²) in [6.45, 7) is 9.03. The lowest BCUT2D eigenvalue weighted by molar-refractivity contribution is 0.383. The smallest absolute Gasteiger partial charge is 0.000823 e. The van der Waals surface area contributed by atoms with Crippen molar-refractivity contribution in [3.63, 3.8) is 0 Å². The lowest BCUT2D eigenvalue weighted by Gasteiger charge is -2.25. The Kier molecular flexibility index (Phi) is 5.21. The normalized spacial score (nSPS) is 23.2. The Labute approximate surface area is 118 Å². The fourth-order valence-corrected chi connectivity index (χ4v) is 3.25. The van der Waals surface area contributed by atoms with Gasteiger partial charge in [0.1, 0.15) is 0 Å². The highest BCUT2D eigenvalue weighted by molar-refractivity contribution is 5.22. The summed E-state index contributed by atoms with van der Waals surface area (Å²) in [6.07, 6.45) is 6.19. The Bertz CT molecular complexity index is 433. The van der Waals surface area contributed by atoms with Crippen LogP contribution in [0.5, 0.6) is 0 Å². The first-order valence-electron chi connectivity index (χ1n) is 7.57. The molecule has 2 rings (SSSR count). The first kappa shape index (κ1) is 14.3. The highest BCUT2D eigenvalue weighted by atomic mass is 14.9. The molecule has 0 saturated carbocycles. The Hall–Kier alpha value is -1.08. The summed E-state index contributed by atoms with van der Waals surface area (Å²) >= 11 is 0. The summed E-state index contributed by atoms with van der Waals surface area (Å²) in [5.41, 5.74) is 4.38. The molecule has 1 N–H and O–H groups in total. The predicted molar refractivity (Wildman–Crippen MR) is 83.4 cm³/mol. The van der Waals surface area contributed by atoms with Gasteiger partial charge in [-0.15, -0.1) is 0 Å². The van der Waals surface area contributed by atoms with Gasteiger partial charge in [-0.25, -0.2) is 0 Å². The highest BCUT2D eigenvalue weighted by Gasteiger charge is 2.17. The molecule has 2 atom stereocenters. The Morgan fingerprint density at radius 2 is 2.11 bits per heavy atom. The van der Waals surface area contributed by atoms with Crippen molar-refractivity contribution in [3.05, 3.63) is 47.0 Å². The van der Waals surface area contributed by atoms with Crippen LogP contribution in [-0.2, 0) is 6.42 Å². The van der Waals surface area contributed by atoms with Crippen LogP contribution < -0.4 is 5.32 Å². The molecule has 0 bridgehead atoms. The SMILES string of the molecule is CC1=CC(C)CC(CNCCc2cccc(C)c2)C1. The van der Waals surface area contributed by atoms with Crippen LogP contribution in [0.25, 0.3) is 0 Å². The molecule has 1 aromatic rings. The minimum absolute atomic E-state index is 0.761. The Morgan fingerprint density at radius 3 is 2.84 bits per heavy atom. The van der Waals surface area contributed by atoms with Crippen LogP contribution in [0.2, 0.25) is 0 Å². The molecule has 0 spiro atoms. The van der Waals surface area contributed by atoms with Crippen molar-refractivity contribution in [2.24, 2.45) is 11.8 Å². The minimum Gasteiger partial charge on any atom is -0.316 e. The van der Waals surface area contributed by atoms with Crippen LogP contribution in [-0.4, -0.2) is 13.1 Å². The summed E-state index contributed by atoms with van der Waals surface area (Å²) in [5.74, 6) is 1.59. The Morgan fingerprint density at radius 1 is 1.26 bits per heavy atom. The second-order valence-electron chi connectivity index (χ2n) is 6.24. The number of allylic oxidation sites excluding steroid dienone is 2. The first-order chi connectivity index (χ1) is 9.13. The van der Waals surface area contributed by atoms with Crippen molar-refractivity contribution in [2.75, 3.05) is 13.1 Å². The molecule has 1 nitrogen and oxygen atoms in total. The van der Waals surface area contributed by atoms with Crippen LogP contribution in [0, 0.1) is 18.8 Å². The summed E-state index contributed by atoms with van der Waals surface area (Å²) in [6, 6.07) is 8.83. The van der Waals surface area contributed by atoms with E-state index < -0.39 is 0 Å². The van der Waals surface area contributed by atoms with Crippen LogP contribution >= 0.6 is 0 Å². The van der Waals surface area contributed by atoms with E-state index in [-0.39, 0.29) is 0 Å². The molecule has 0 heterocycles. The number of aryl methyl sites for hydroxylation is 1. The molecular weight excluding hydrogens is 230 g/mol. The van der Waals surface area contributed by atoms with Crippen molar-refractivity contribution in [3.8, 4) is 0 Å². The van der Waals surface area contributed by atoms with Crippen molar-refractivity contribution in [1.82, 2.24) is 5.32 Å². The van der Waals surface area contributed by atoms with Crippen LogP contribution in [0.3, 0.4) is 0 Å². The molecule has 1 aliphatic carbocycles. The molecular formula is C18H27N. The number of rotatable bonds is 5. The van der Waals surface area contributed by atoms with Crippen LogP contribution in [0.15, 0.2) is 35.9 Å². The van der Waals surface area contributed by atoms with E-state index in [1.807, 2.05) is 0 Å². The zero-order valence-corrected chi connectivity index (χ0v) is 12.6. The predicted octanol–water partition coefficient (Wildman–Crippen LogP) is 4.12. The molecule has 0 aromatic heterocycles. The standard InChI is InChI=1S/C18H27N/c1-14-5-4-6-17(10-14)7-8-19-13-18-11-15(2)9-16(3)12-18/h4-6,9-10,15,18-19H,7-8,11-13H2,1-3H3. The van der Waals surface area contributed by atoms with E-state index in [9.17, 15) is 0 Å². The highest BCUT2D eigenvalue weighted by Crippen LogP contribution is 2.27. The van der Waals surface area contributed by atoms with Crippen molar-refractivity contribution < 1.29 is 0 Å². The average Bonchev–Trinajstić information content (AvgIpc) is 2.34. The third-order valence-electron chi connectivity index (χ3n) is 3.99. The molecule has 0 radical (unpaired) electrons. The van der Waals surface area contributed by atoms with E-state index in [1.165, 1.54) is 30.5 Å². The second-order valence-corrected chi connectivity index (χ2v) is 6.24. The lowest BCUT2D eigenvalue weighted by Crippen LogP contribution is -2.27. The molecule has 0 fully saturated rings. The molecule has 0 amide bonds. The largest absolute Gasteiger partial charge is 0.316 e. The molecule has 19 heavy (non-hydrogen) atoms. The zero-order valence-electron chi connectivity index (χ0n) is 12.6. The van der Waals surface area contributed by atoms with E-state index in [0.717, 1.165) is 24.8 Å². The van der Waals surface area contributed by atoms with Gasteiger partial charge in [-0.05, 0) is 63.6 Å². The number of hydrogen-bond donors (Lipinski definition) is 1. The van der Waals surface area contributed by atoms with Crippen molar-refractivity contribution >= 4 is 0 Å². The van der Waals surface area contributed by atoms with Gasteiger partial charge in [0.25, 0.3) is 0 Å². The molecule has 2 unspecified atom stereocenters. The third kappa shape index (κ3) is 4.83. The first-order valence-corrected chi connectivity index (χ1v) is 7.57. The van der Waals surface area contributed by atoms with Gasteiger partial charge >= 0.3 is 0 Å². The van der Waals surface area contributed by atoms with Gasteiger partial charge in [0.15, 0.2) is 0 Å². The molecule has 104 valence electrons. The van der Waals surface area contributed by atoms with Gasteiger partial charge in [0.2, 0.25) is 0 Å². The maximum absolute atomic E-state index is 3.64. The number of nitrogens with one attached hydrogen (secondary N) is 1. The van der Waals surface area contributed by atoms with Crippen molar-refractivity contribution in [1.29, 1.82) is 0 Å². The maximum Gasteiger partial charge on any atom is -0.000823 e. The summed E-state index contributed by atoms with van der Waals surface area (Å²) < 4.78 is 0. The lowest BCUT2D eigenvalue weighted by atomic mass is 9.84. The molecule has 1 heteroatoms. The van der Waals surface area contributed by atoms with Gasteiger partial charge in [-0.2, -0.15) is 0 Å². The monoisotopic (exact) mass is 257 g/mol. The van der Waals surface area contributed by atoms with E-state index in [1.54, 1.807) is 5.57 Å². The quantitative estimate of drug-likeness (QED) is 0.618. The fraction of sp³-hybridized carbons (Fsp3) is 0.556. The molecule has 0 saturated heterocycles. The molecule has 1 aromatic carbocycles. The fourth-order valence-electron chi connectivity index (χ4n) is 3.25. The summed E-state index contributed by atoms with van der Waals surface area (Å²) in [5, 5.41) is 3.64. The Balaban J connectivity index is 1.69. The number of benzene rings is 1. The van der Waals surface area contributed by atoms with Gasteiger partial charge < -0.3 is 5.32 Å². The van der Waals surface area contributed by atoms with Gasteiger partial charge in [0, 0.05) is 0 Å². The van der Waals surface area contributed by atoms with E-state index in [2.05, 4.69) is 56.4 Å². The molecule has 1 aliphatic rings. The van der Waals surface area contributed by atoms with Crippen molar-refractivity contribution in [2.45, 2.75) is 40.0 Å². The zero-order chi connectivity index (χ0) is 13.7. The van der Waals surface area contributed by atoms with Crippen LogP contribution in [0.1, 0.15) is 37.8 Å². The average molecular weight is 257 g/mol. The maximum atomic E-state index is 3.64. The van der Waals surface area contributed by atoms with Crippen LogP contribution in [0.4, 0.5) is 0 Å². The van der Waals surface area contributed by atoms with E-state index in [4.69, 9.17) is 0 Å². The minimum atomic E-state index is 0.761. The van der Waals surface area contributed by atoms with Gasteiger partial charge in [-0.1, -0.05) is 48.4 Å².